The molecule has 0 bridgehead atoms. The number of aromatic hydroxyl groups is 1. The normalized spacial score (nSPS) is 11.7. The van der Waals surface area contributed by atoms with Gasteiger partial charge in [0.2, 0.25) is 0 Å². The van der Waals surface area contributed by atoms with Gasteiger partial charge in [-0.3, -0.25) is 0 Å². The van der Waals surface area contributed by atoms with Gasteiger partial charge in [-0.1, -0.05) is 18.7 Å². The number of nitriles is 1. The van der Waals surface area contributed by atoms with E-state index in [2.05, 4.69) is 6.58 Å². The molecule has 3 N–H and O–H groups in total. The standard InChI is InChI=1S/C11H12N2O/c1-2-8-3-4-11(14)9(7-8)10(13)5-6-12/h2-4,7,10,14H,1,5,13H2/t10-/m0/s1. The molecular formula is C11H12N2O. The molecule has 14 heavy (non-hydrogen) atoms. The highest BCUT2D eigenvalue weighted by Gasteiger charge is 2.10. The summed E-state index contributed by atoms with van der Waals surface area (Å²) in [5.74, 6) is 0.123. The Morgan fingerprint density at radius 3 is 2.93 bits per heavy atom. The van der Waals surface area contributed by atoms with E-state index in [1.54, 1.807) is 24.3 Å². The molecule has 3 nitrogen and oxygen atoms in total. The SMILES string of the molecule is C=Cc1ccc(O)c([C@@H](N)CC#N)c1. The average Bonchev–Trinajstić information content (AvgIpc) is 2.19. The maximum absolute atomic E-state index is 9.50. The van der Waals surface area contributed by atoms with E-state index in [0.717, 1.165) is 5.56 Å². The van der Waals surface area contributed by atoms with Crippen molar-refractivity contribution in [3.63, 3.8) is 0 Å². The van der Waals surface area contributed by atoms with E-state index >= 15 is 0 Å². The maximum Gasteiger partial charge on any atom is 0.120 e. The summed E-state index contributed by atoms with van der Waals surface area (Å²) in [5.41, 5.74) is 7.18. The molecule has 0 saturated heterocycles. The maximum atomic E-state index is 9.50. The smallest absolute Gasteiger partial charge is 0.120 e. The van der Waals surface area contributed by atoms with Crippen LogP contribution in [0.15, 0.2) is 24.8 Å². The second kappa shape index (κ2) is 4.45. The fraction of sp³-hybridized carbons (Fsp3) is 0.182. The molecule has 0 radical (unpaired) electrons. The van der Waals surface area contributed by atoms with Crippen molar-refractivity contribution < 1.29 is 5.11 Å². The van der Waals surface area contributed by atoms with E-state index in [1.807, 2.05) is 6.07 Å². The van der Waals surface area contributed by atoms with Crippen LogP contribution < -0.4 is 5.73 Å². The first-order valence-electron chi connectivity index (χ1n) is 4.27. The summed E-state index contributed by atoms with van der Waals surface area (Å²) in [6.45, 7) is 3.62. The Balaban J connectivity index is 3.06. The number of nitrogens with two attached hydrogens (primary N) is 1. The predicted octanol–water partition coefficient (Wildman–Crippen LogP) is 1.95. The molecule has 0 saturated carbocycles. The van der Waals surface area contributed by atoms with E-state index in [0.29, 0.717) is 5.56 Å². The number of nitrogens with zero attached hydrogens (tertiary/aromatic N) is 1. The number of phenolic OH excluding ortho intramolecular Hbond substituents is 1. The lowest BCUT2D eigenvalue weighted by molar-refractivity contribution is 0.462. The molecule has 0 fully saturated rings. The van der Waals surface area contributed by atoms with Gasteiger partial charge in [-0.2, -0.15) is 5.26 Å². The summed E-state index contributed by atoms with van der Waals surface area (Å²) in [7, 11) is 0. The minimum Gasteiger partial charge on any atom is -0.508 e. The molecule has 0 aromatic heterocycles. The zero-order chi connectivity index (χ0) is 10.6. The van der Waals surface area contributed by atoms with Crippen molar-refractivity contribution in [2.75, 3.05) is 0 Å². The fourth-order valence-corrected chi connectivity index (χ4v) is 1.21. The second-order valence-electron chi connectivity index (χ2n) is 2.99. The van der Waals surface area contributed by atoms with E-state index in [9.17, 15) is 5.11 Å². The summed E-state index contributed by atoms with van der Waals surface area (Å²) in [6.07, 6.45) is 1.86. The Morgan fingerprint density at radius 1 is 1.64 bits per heavy atom. The molecule has 1 atom stereocenters. The number of phenols is 1. The Labute approximate surface area is 83.1 Å². The summed E-state index contributed by atoms with van der Waals surface area (Å²) in [5, 5.41) is 18.0. The topological polar surface area (TPSA) is 70.0 Å². The van der Waals surface area contributed by atoms with E-state index in [-0.39, 0.29) is 12.2 Å². The van der Waals surface area contributed by atoms with Gasteiger partial charge in [0.25, 0.3) is 0 Å². The molecule has 1 rings (SSSR count). The van der Waals surface area contributed by atoms with Crippen LogP contribution >= 0.6 is 0 Å². The van der Waals surface area contributed by atoms with E-state index in [1.165, 1.54) is 0 Å². The number of hydrogen-bond donors (Lipinski definition) is 2. The van der Waals surface area contributed by atoms with Crippen LogP contribution in [0.5, 0.6) is 5.75 Å². The third-order valence-electron chi connectivity index (χ3n) is 2.00. The molecule has 0 spiro atoms. The summed E-state index contributed by atoms with van der Waals surface area (Å²) in [4.78, 5) is 0. The van der Waals surface area contributed by atoms with Crippen LogP contribution in [0.3, 0.4) is 0 Å². The number of hydrogen-bond acceptors (Lipinski definition) is 3. The highest BCUT2D eigenvalue weighted by Crippen LogP contribution is 2.25. The van der Waals surface area contributed by atoms with Gasteiger partial charge in [-0.05, 0) is 17.7 Å². The van der Waals surface area contributed by atoms with E-state index < -0.39 is 6.04 Å². The van der Waals surface area contributed by atoms with Gasteiger partial charge in [0.05, 0.1) is 12.5 Å². The van der Waals surface area contributed by atoms with Gasteiger partial charge in [0.15, 0.2) is 0 Å². The molecule has 3 heteroatoms. The third kappa shape index (κ3) is 2.12. The third-order valence-corrected chi connectivity index (χ3v) is 2.00. The summed E-state index contributed by atoms with van der Waals surface area (Å²) in [6, 6.07) is 6.56. The molecule has 0 amide bonds. The number of rotatable bonds is 3. The first-order chi connectivity index (χ1) is 6.69. The van der Waals surface area contributed by atoms with Crippen LogP contribution in [0.4, 0.5) is 0 Å². The quantitative estimate of drug-likeness (QED) is 0.761. The van der Waals surface area contributed by atoms with Gasteiger partial charge < -0.3 is 10.8 Å². The highest BCUT2D eigenvalue weighted by molar-refractivity contribution is 5.52. The molecule has 72 valence electrons. The Bertz CT molecular complexity index is 379. The van der Waals surface area contributed by atoms with Crippen molar-refractivity contribution in [3.8, 4) is 11.8 Å². The molecule has 1 aromatic rings. The minimum atomic E-state index is -0.445. The van der Waals surface area contributed by atoms with Crippen LogP contribution in [0.1, 0.15) is 23.6 Å². The van der Waals surface area contributed by atoms with Crippen molar-refractivity contribution in [1.29, 1.82) is 5.26 Å². The lowest BCUT2D eigenvalue weighted by Gasteiger charge is -2.10. The fourth-order valence-electron chi connectivity index (χ4n) is 1.21. The van der Waals surface area contributed by atoms with Crippen LogP contribution in [0, 0.1) is 11.3 Å². The highest BCUT2D eigenvalue weighted by atomic mass is 16.3. The van der Waals surface area contributed by atoms with Crippen molar-refractivity contribution in [1.82, 2.24) is 0 Å². The molecular weight excluding hydrogens is 176 g/mol. The Morgan fingerprint density at radius 2 is 2.36 bits per heavy atom. The van der Waals surface area contributed by atoms with Gasteiger partial charge in [0.1, 0.15) is 5.75 Å². The Hall–Kier alpha value is -1.79. The van der Waals surface area contributed by atoms with Gasteiger partial charge in [-0.15, -0.1) is 0 Å². The first kappa shape index (κ1) is 10.3. The lowest BCUT2D eigenvalue weighted by atomic mass is 10.0. The van der Waals surface area contributed by atoms with Crippen LogP contribution in [0.2, 0.25) is 0 Å². The summed E-state index contributed by atoms with van der Waals surface area (Å²) < 4.78 is 0. The van der Waals surface area contributed by atoms with Crippen molar-refractivity contribution in [2.24, 2.45) is 5.73 Å². The minimum absolute atomic E-state index is 0.123. The molecule has 0 unspecified atom stereocenters. The van der Waals surface area contributed by atoms with Crippen LogP contribution in [-0.4, -0.2) is 5.11 Å². The Kier molecular flexibility index (Phi) is 3.27. The average molecular weight is 188 g/mol. The molecule has 0 aliphatic carbocycles. The van der Waals surface area contributed by atoms with Crippen LogP contribution in [0.25, 0.3) is 6.08 Å². The second-order valence-corrected chi connectivity index (χ2v) is 2.99. The zero-order valence-electron chi connectivity index (χ0n) is 7.77. The molecule has 0 aliphatic rings. The largest absolute Gasteiger partial charge is 0.508 e. The molecule has 1 aromatic carbocycles. The molecule has 0 heterocycles. The van der Waals surface area contributed by atoms with Gasteiger partial charge in [-0.25, -0.2) is 0 Å². The lowest BCUT2D eigenvalue weighted by Crippen LogP contribution is -2.09. The van der Waals surface area contributed by atoms with Crippen LogP contribution in [-0.2, 0) is 0 Å². The monoisotopic (exact) mass is 188 g/mol. The van der Waals surface area contributed by atoms with Crippen molar-refractivity contribution in [2.45, 2.75) is 12.5 Å². The molecule has 0 aliphatic heterocycles. The van der Waals surface area contributed by atoms with Gasteiger partial charge >= 0.3 is 0 Å². The first-order valence-corrected chi connectivity index (χ1v) is 4.27. The summed E-state index contributed by atoms with van der Waals surface area (Å²) >= 11 is 0. The van der Waals surface area contributed by atoms with Gasteiger partial charge in [0, 0.05) is 11.6 Å². The number of benzene rings is 1. The predicted molar refractivity (Wildman–Crippen MR) is 55.4 cm³/mol. The van der Waals surface area contributed by atoms with Crippen molar-refractivity contribution >= 4 is 6.08 Å². The van der Waals surface area contributed by atoms with Crippen molar-refractivity contribution in [3.05, 3.63) is 35.9 Å². The zero-order valence-corrected chi connectivity index (χ0v) is 7.77. The van der Waals surface area contributed by atoms with E-state index in [4.69, 9.17) is 11.0 Å².